The summed E-state index contributed by atoms with van der Waals surface area (Å²) in [5, 5.41) is 3.97. The molecule has 0 aliphatic heterocycles. The molecule has 66 valence electrons. The maximum atomic E-state index is 11.4. The van der Waals surface area contributed by atoms with Crippen LogP contribution in [0.4, 0.5) is 0 Å². The highest BCUT2D eigenvalue weighted by atomic mass is 79.9. The number of hydrogen-bond donors (Lipinski definition) is 1. The van der Waals surface area contributed by atoms with Crippen LogP contribution in [0.5, 0.6) is 0 Å². The third-order valence-electron chi connectivity index (χ3n) is 1.52. The Hall–Kier alpha value is -0.680. The summed E-state index contributed by atoms with van der Waals surface area (Å²) in [4.78, 5) is 11.4. The van der Waals surface area contributed by atoms with Gasteiger partial charge in [0.25, 0.3) is 0 Å². The average molecular weight is 232 g/mol. The maximum Gasteiger partial charge on any atom is 0.197 e. The Labute approximate surface area is 78.9 Å². The lowest BCUT2D eigenvalue weighted by Crippen LogP contribution is -2.28. The fraction of sp³-hybridized carbons (Fsp3) is 0.429. The zero-order valence-corrected chi connectivity index (χ0v) is 8.50. The highest BCUT2D eigenvalue weighted by Gasteiger charge is 2.15. The Bertz CT molecular complexity index is 306. The van der Waals surface area contributed by atoms with Gasteiger partial charge in [-0.15, -0.1) is 0 Å². The maximum absolute atomic E-state index is 11.4. The number of Topliss-reactive ketones (excluding diaryl/α,β-unsaturated/α-hetero) is 1. The molecular weight excluding hydrogens is 222 g/mol. The summed E-state index contributed by atoms with van der Waals surface area (Å²) in [6.07, 6.45) is 0. The molecule has 2 N–H and O–H groups in total. The smallest absolute Gasteiger partial charge is 0.197 e. The van der Waals surface area contributed by atoms with E-state index in [1.807, 2.05) is 0 Å². The van der Waals surface area contributed by atoms with E-state index < -0.39 is 6.04 Å². The van der Waals surface area contributed by atoms with Crippen molar-refractivity contribution >= 4 is 21.7 Å². The SMILES string of the molecule is CC(N)C(=O)c1cc(Br)nn1C. The minimum absolute atomic E-state index is 0.101. The van der Waals surface area contributed by atoms with Gasteiger partial charge in [0, 0.05) is 13.1 Å². The van der Waals surface area contributed by atoms with Crippen molar-refractivity contribution in [1.29, 1.82) is 0 Å². The van der Waals surface area contributed by atoms with Crippen molar-refractivity contribution in [1.82, 2.24) is 9.78 Å². The molecular formula is C7H10BrN3O. The first-order valence-electron chi connectivity index (χ1n) is 3.51. The number of nitrogens with zero attached hydrogens (tertiary/aromatic N) is 2. The van der Waals surface area contributed by atoms with Crippen LogP contribution in [-0.4, -0.2) is 21.6 Å². The van der Waals surface area contributed by atoms with E-state index in [-0.39, 0.29) is 5.78 Å². The molecule has 12 heavy (non-hydrogen) atoms. The number of aromatic nitrogens is 2. The lowest BCUT2D eigenvalue weighted by Gasteiger charge is -2.02. The first-order valence-corrected chi connectivity index (χ1v) is 4.31. The van der Waals surface area contributed by atoms with E-state index in [1.54, 1.807) is 20.0 Å². The molecule has 0 amide bonds. The molecule has 0 aromatic carbocycles. The van der Waals surface area contributed by atoms with Gasteiger partial charge >= 0.3 is 0 Å². The van der Waals surface area contributed by atoms with E-state index in [4.69, 9.17) is 5.73 Å². The van der Waals surface area contributed by atoms with Gasteiger partial charge in [0.05, 0.1) is 6.04 Å². The van der Waals surface area contributed by atoms with Gasteiger partial charge in [-0.25, -0.2) is 0 Å². The first kappa shape index (κ1) is 9.41. The quantitative estimate of drug-likeness (QED) is 0.764. The Balaban J connectivity index is 3.02. The molecule has 0 saturated carbocycles. The van der Waals surface area contributed by atoms with Crippen LogP contribution < -0.4 is 5.73 Å². The fourth-order valence-electron chi connectivity index (χ4n) is 0.896. The molecule has 1 atom stereocenters. The largest absolute Gasteiger partial charge is 0.321 e. The van der Waals surface area contributed by atoms with E-state index in [0.29, 0.717) is 10.3 Å². The zero-order valence-electron chi connectivity index (χ0n) is 6.91. The number of halogens is 1. The van der Waals surface area contributed by atoms with Crippen molar-refractivity contribution in [3.05, 3.63) is 16.4 Å². The molecule has 1 heterocycles. The molecule has 0 spiro atoms. The number of rotatable bonds is 2. The molecule has 0 saturated heterocycles. The number of aryl methyl sites for hydroxylation is 1. The molecule has 0 aliphatic carbocycles. The average Bonchev–Trinajstić information content (AvgIpc) is 2.28. The van der Waals surface area contributed by atoms with Crippen LogP contribution in [-0.2, 0) is 7.05 Å². The van der Waals surface area contributed by atoms with Crippen molar-refractivity contribution in [2.45, 2.75) is 13.0 Å². The van der Waals surface area contributed by atoms with E-state index in [1.165, 1.54) is 4.68 Å². The van der Waals surface area contributed by atoms with E-state index in [2.05, 4.69) is 21.0 Å². The number of nitrogens with two attached hydrogens (primary N) is 1. The summed E-state index contributed by atoms with van der Waals surface area (Å²) < 4.78 is 2.16. The fourth-order valence-corrected chi connectivity index (χ4v) is 1.35. The van der Waals surface area contributed by atoms with Crippen molar-refractivity contribution < 1.29 is 4.79 Å². The van der Waals surface area contributed by atoms with Crippen molar-refractivity contribution in [3.63, 3.8) is 0 Å². The highest BCUT2D eigenvalue weighted by molar-refractivity contribution is 9.10. The second-order valence-electron chi connectivity index (χ2n) is 2.63. The predicted octanol–water partition coefficient (Wildman–Crippen LogP) is 0.713. The summed E-state index contributed by atoms with van der Waals surface area (Å²) >= 11 is 3.18. The lowest BCUT2D eigenvalue weighted by molar-refractivity contribution is 0.0958. The Morgan fingerprint density at radius 3 is 2.75 bits per heavy atom. The van der Waals surface area contributed by atoms with Gasteiger partial charge in [-0.2, -0.15) is 5.10 Å². The van der Waals surface area contributed by atoms with Crippen LogP contribution >= 0.6 is 15.9 Å². The molecule has 0 bridgehead atoms. The van der Waals surface area contributed by atoms with Crippen LogP contribution in [0.1, 0.15) is 17.4 Å². The lowest BCUT2D eigenvalue weighted by atomic mass is 10.2. The molecule has 4 nitrogen and oxygen atoms in total. The first-order chi connectivity index (χ1) is 5.52. The Kier molecular flexibility index (Phi) is 2.64. The molecule has 1 rings (SSSR count). The normalized spacial score (nSPS) is 13.0. The summed E-state index contributed by atoms with van der Waals surface area (Å²) in [5.74, 6) is -0.101. The molecule has 5 heteroatoms. The topological polar surface area (TPSA) is 60.9 Å². The van der Waals surface area contributed by atoms with Gasteiger partial charge < -0.3 is 5.73 Å². The van der Waals surface area contributed by atoms with E-state index >= 15 is 0 Å². The second kappa shape index (κ2) is 3.37. The molecule has 1 unspecified atom stereocenters. The standard InChI is InChI=1S/C7H10BrN3O/c1-4(9)7(12)5-3-6(8)10-11(5)2/h3-4H,9H2,1-2H3. The monoisotopic (exact) mass is 231 g/mol. The second-order valence-corrected chi connectivity index (χ2v) is 3.44. The number of carbonyl (C=O) groups excluding carboxylic acids is 1. The van der Waals surface area contributed by atoms with Crippen LogP contribution in [0.3, 0.4) is 0 Å². The molecule has 1 aromatic rings. The summed E-state index contributed by atoms with van der Waals surface area (Å²) in [7, 11) is 1.71. The van der Waals surface area contributed by atoms with Gasteiger partial charge in [0.2, 0.25) is 0 Å². The molecule has 0 radical (unpaired) electrons. The van der Waals surface area contributed by atoms with Crippen molar-refractivity contribution in [2.75, 3.05) is 0 Å². The predicted molar refractivity (Wildman–Crippen MR) is 48.9 cm³/mol. The third-order valence-corrected chi connectivity index (χ3v) is 1.90. The van der Waals surface area contributed by atoms with Gasteiger partial charge in [-0.05, 0) is 22.9 Å². The molecule has 1 aromatic heterocycles. The number of carbonyl (C=O) groups is 1. The Morgan fingerprint density at radius 1 is 1.83 bits per heavy atom. The third kappa shape index (κ3) is 1.73. The van der Waals surface area contributed by atoms with E-state index in [9.17, 15) is 4.79 Å². The van der Waals surface area contributed by atoms with Crippen molar-refractivity contribution in [2.24, 2.45) is 12.8 Å². The molecule has 0 aliphatic rings. The highest BCUT2D eigenvalue weighted by Crippen LogP contribution is 2.10. The van der Waals surface area contributed by atoms with E-state index in [0.717, 1.165) is 0 Å². The molecule has 0 fully saturated rings. The van der Waals surface area contributed by atoms with Gasteiger partial charge in [0.1, 0.15) is 10.3 Å². The summed E-state index contributed by atoms with van der Waals surface area (Å²) in [5.41, 5.74) is 5.97. The minimum atomic E-state index is -0.479. The zero-order chi connectivity index (χ0) is 9.30. The van der Waals surface area contributed by atoms with Crippen LogP contribution in [0.25, 0.3) is 0 Å². The Morgan fingerprint density at radius 2 is 2.42 bits per heavy atom. The van der Waals surface area contributed by atoms with Crippen LogP contribution in [0.2, 0.25) is 0 Å². The number of ketones is 1. The van der Waals surface area contributed by atoms with Gasteiger partial charge in [0.15, 0.2) is 5.78 Å². The van der Waals surface area contributed by atoms with Crippen LogP contribution in [0, 0.1) is 0 Å². The van der Waals surface area contributed by atoms with Gasteiger partial charge in [-0.3, -0.25) is 9.48 Å². The summed E-state index contributed by atoms with van der Waals surface area (Å²) in [6.45, 7) is 1.66. The summed E-state index contributed by atoms with van der Waals surface area (Å²) in [6, 6.07) is 1.18. The number of hydrogen-bond acceptors (Lipinski definition) is 3. The van der Waals surface area contributed by atoms with Crippen LogP contribution in [0.15, 0.2) is 10.7 Å². The van der Waals surface area contributed by atoms with Crippen molar-refractivity contribution in [3.8, 4) is 0 Å². The van der Waals surface area contributed by atoms with Gasteiger partial charge in [-0.1, -0.05) is 0 Å². The minimum Gasteiger partial charge on any atom is -0.321 e.